The molecule has 1 heterocycles. The van der Waals surface area contributed by atoms with E-state index in [4.69, 9.17) is 10.2 Å². The summed E-state index contributed by atoms with van der Waals surface area (Å²) in [7, 11) is 0. The first kappa shape index (κ1) is 8.33. The van der Waals surface area contributed by atoms with Crippen molar-refractivity contribution in [2.45, 2.75) is 25.3 Å². The number of hydrogen-bond acceptors (Lipinski definition) is 2. The summed E-state index contributed by atoms with van der Waals surface area (Å²) in [5.41, 5.74) is 0. The quantitative estimate of drug-likeness (QED) is 0.586. The van der Waals surface area contributed by atoms with E-state index in [9.17, 15) is 4.79 Å². The maximum Gasteiger partial charge on any atom is 0.407 e. The number of aliphatic hydroxyl groups is 1. The van der Waals surface area contributed by atoms with Crippen molar-refractivity contribution in [1.29, 1.82) is 0 Å². The molecule has 1 saturated heterocycles. The predicted molar refractivity (Wildman–Crippen MR) is 39.5 cm³/mol. The summed E-state index contributed by atoms with van der Waals surface area (Å²) < 4.78 is 0. The number of hydrogen-bond donors (Lipinski definition) is 2. The van der Waals surface area contributed by atoms with Gasteiger partial charge in [-0.15, -0.1) is 0 Å². The number of carboxylic acid groups (broad SMARTS) is 1. The topological polar surface area (TPSA) is 60.8 Å². The Morgan fingerprint density at radius 3 is 2.73 bits per heavy atom. The van der Waals surface area contributed by atoms with Crippen LogP contribution in [0.4, 0.5) is 4.79 Å². The van der Waals surface area contributed by atoms with Crippen LogP contribution in [0.25, 0.3) is 0 Å². The highest BCUT2D eigenvalue weighted by Crippen LogP contribution is 2.15. The van der Waals surface area contributed by atoms with Gasteiger partial charge in [-0.25, -0.2) is 4.79 Å². The minimum atomic E-state index is -0.913. The highest BCUT2D eigenvalue weighted by atomic mass is 16.4. The normalized spacial score (nSPS) is 25.2. The third-order valence-electron chi connectivity index (χ3n) is 2.08. The minimum absolute atomic E-state index is 0.0493. The van der Waals surface area contributed by atoms with Gasteiger partial charge in [-0.3, -0.25) is 0 Å². The van der Waals surface area contributed by atoms with Crippen LogP contribution in [-0.2, 0) is 0 Å². The molecule has 2 N–H and O–H groups in total. The van der Waals surface area contributed by atoms with Crippen LogP contribution >= 0.6 is 0 Å². The summed E-state index contributed by atoms with van der Waals surface area (Å²) in [6, 6.07) is -0.166. The zero-order valence-electron chi connectivity index (χ0n) is 6.36. The maximum atomic E-state index is 10.5. The van der Waals surface area contributed by atoms with Crippen LogP contribution in [0.3, 0.4) is 0 Å². The van der Waals surface area contributed by atoms with Gasteiger partial charge in [-0.1, -0.05) is 0 Å². The van der Waals surface area contributed by atoms with Gasteiger partial charge in [-0.05, 0) is 19.3 Å². The van der Waals surface area contributed by atoms with Gasteiger partial charge in [0.15, 0.2) is 0 Å². The Hall–Kier alpha value is -0.770. The second-order valence-corrected chi connectivity index (χ2v) is 2.81. The van der Waals surface area contributed by atoms with Gasteiger partial charge in [0.25, 0.3) is 0 Å². The number of likely N-dealkylation sites (tertiary alicyclic amines) is 1. The van der Waals surface area contributed by atoms with E-state index in [0.717, 1.165) is 19.3 Å². The van der Waals surface area contributed by atoms with E-state index in [1.165, 1.54) is 4.90 Å². The first-order valence-corrected chi connectivity index (χ1v) is 3.86. The second-order valence-electron chi connectivity index (χ2n) is 2.81. The van der Waals surface area contributed by atoms with Crippen LogP contribution in [0.2, 0.25) is 0 Å². The fraction of sp³-hybridized carbons (Fsp3) is 0.857. The van der Waals surface area contributed by atoms with Gasteiger partial charge >= 0.3 is 6.09 Å². The van der Waals surface area contributed by atoms with E-state index in [1.54, 1.807) is 0 Å². The van der Waals surface area contributed by atoms with E-state index < -0.39 is 6.09 Å². The number of nitrogens with zero attached hydrogens (tertiary/aromatic N) is 1. The number of amides is 1. The molecule has 1 aliphatic heterocycles. The smallest absolute Gasteiger partial charge is 0.407 e. The van der Waals surface area contributed by atoms with Crippen LogP contribution in [0.5, 0.6) is 0 Å². The molecule has 11 heavy (non-hydrogen) atoms. The van der Waals surface area contributed by atoms with Crippen LogP contribution < -0.4 is 0 Å². The SMILES string of the molecule is O=C(O)N1CCCC[C@H]1CO. The Morgan fingerprint density at radius 2 is 2.27 bits per heavy atom. The molecule has 1 aliphatic rings. The van der Waals surface area contributed by atoms with Crippen LogP contribution in [0.1, 0.15) is 19.3 Å². The zero-order chi connectivity index (χ0) is 8.27. The van der Waals surface area contributed by atoms with Gasteiger partial charge in [0.1, 0.15) is 0 Å². The molecule has 0 aromatic heterocycles. The molecular weight excluding hydrogens is 146 g/mol. The lowest BCUT2D eigenvalue weighted by atomic mass is 10.0. The summed E-state index contributed by atoms with van der Waals surface area (Å²) >= 11 is 0. The Morgan fingerprint density at radius 1 is 1.55 bits per heavy atom. The van der Waals surface area contributed by atoms with E-state index in [-0.39, 0.29) is 12.6 Å². The van der Waals surface area contributed by atoms with Crippen LogP contribution in [0.15, 0.2) is 0 Å². The molecule has 0 bridgehead atoms. The lowest BCUT2D eigenvalue weighted by Crippen LogP contribution is -2.44. The molecule has 0 saturated carbocycles. The molecule has 4 nitrogen and oxygen atoms in total. The molecule has 1 rings (SSSR count). The molecule has 1 fully saturated rings. The van der Waals surface area contributed by atoms with Crippen molar-refractivity contribution >= 4 is 6.09 Å². The molecule has 0 aliphatic carbocycles. The molecule has 1 amide bonds. The number of piperidine rings is 1. The summed E-state index contributed by atoms with van der Waals surface area (Å²) in [6.45, 7) is 0.521. The molecule has 0 aromatic carbocycles. The summed E-state index contributed by atoms with van der Waals surface area (Å²) in [5, 5.41) is 17.5. The number of rotatable bonds is 1. The first-order chi connectivity index (χ1) is 5.25. The van der Waals surface area contributed by atoms with Crippen molar-refractivity contribution < 1.29 is 15.0 Å². The van der Waals surface area contributed by atoms with Crippen molar-refractivity contribution in [3.63, 3.8) is 0 Å². The fourth-order valence-electron chi connectivity index (χ4n) is 1.44. The molecule has 1 atom stereocenters. The Balaban J connectivity index is 2.51. The molecular formula is C7H13NO3. The largest absolute Gasteiger partial charge is 0.465 e. The van der Waals surface area contributed by atoms with Gasteiger partial charge in [0.2, 0.25) is 0 Å². The molecule has 4 heteroatoms. The standard InChI is InChI=1S/C7H13NO3/c9-5-6-3-1-2-4-8(6)7(10)11/h6,9H,1-5H2,(H,10,11)/t6-/m0/s1. The van der Waals surface area contributed by atoms with Crippen molar-refractivity contribution in [1.82, 2.24) is 4.90 Å². The highest BCUT2D eigenvalue weighted by molar-refractivity contribution is 5.65. The van der Waals surface area contributed by atoms with Gasteiger partial charge < -0.3 is 15.1 Å². The van der Waals surface area contributed by atoms with E-state index in [1.807, 2.05) is 0 Å². The summed E-state index contributed by atoms with van der Waals surface area (Å²) in [4.78, 5) is 11.9. The monoisotopic (exact) mass is 159 g/mol. The van der Waals surface area contributed by atoms with E-state index >= 15 is 0 Å². The summed E-state index contributed by atoms with van der Waals surface area (Å²) in [6.07, 6.45) is 1.82. The van der Waals surface area contributed by atoms with E-state index in [2.05, 4.69) is 0 Å². The Bertz CT molecular complexity index is 149. The third-order valence-corrected chi connectivity index (χ3v) is 2.08. The van der Waals surface area contributed by atoms with Crippen molar-refractivity contribution in [2.75, 3.05) is 13.2 Å². The van der Waals surface area contributed by atoms with Crippen molar-refractivity contribution in [2.24, 2.45) is 0 Å². The number of carbonyl (C=O) groups is 1. The lowest BCUT2D eigenvalue weighted by molar-refractivity contribution is 0.0779. The summed E-state index contributed by atoms with van der Waals surface area (Å²) in [5.74, 6) is 0. The molecule has 0 radical (unpaired) electrons. The van der Waals surface area contributed by atoms with E-state index in [0.29, 0.717) is 6.54 Å². The molecule has 0 aromatic rings. The first-order valence-electron chi connectivity index (χ1n) is 3.86. The fourth-order valence-corrected chi connectivity index (χ4v) is 1.44. The average molecular weight is 159 g/mol. The maximum absolute atomic E-state index is 10.5. The van der Waals surface area contributed by atoms with Crippen molar-refractivity contribution in [3.05, 3.63) is 0 Å². The van der Waals surface area contributed by atoms with Gasteiger partial charge in [-0.2, -0.15) is 0 Å². The zero-order valence-corrected chi connectivity index (χ0v) is 6.36. The molecule has 64 valence electrons. The van der Waals surface area contributed by atoms with Crippen LogP contribution in [0, 0.1) is 0 Å². The highest BCUT2D eigenvalue weighted by Gasteiger charge is 2.24. The van der Waals surface area contributed by atoms with Gasteiger partial charge in [0.05, 0.1) is 12.6 Å². The molecule has 0 unspecified atom stereocenters. The Kier molecular flexibility index (Phi) is 2.70. The van der Waals surface area contributed by atoms with Gasteiger partial charge in [0, 0.05) is 6.54 Å². The van der Waals surface area contributed by atoms with Crippen molar-refractivity contribution in [3.8, 4) is 0 Å². The molecule has 0 spiro atoms. The number of aliphatic hydroxyl groups excluding tert-OH is 1. The third kappa shape index (κ3) is 1.83. The minimum Gasteiger partial charge on any atom is -0.465 e. The predicted octanol–water partition coefficient (Wildman–Crippen LogP) is 0.511. The Labute approximate surface area is 65.4 Å². The second kappa shape index (κ2) is 3.57. The lowest BCUT2D eigenvalue weighted by Gasteiger charge is -2.31. The average Bonchev–Trinajstić information content (AvgIpc) is 2.04. The van der Waals surface area contributed by atoms with Crippen LogP contribution in [-0.4, -0.2) is 40.4 Å².